The molecule has 1 radical (unpaired) electrons. The molecule has 2 aliphatic heterocycles. The van der Waals surface area contributed by atoms with Crippen LogP contribution in [-0.4, -0.2) is 134 Å². The second-order valence-electron chi connectivity index (χ2n) is 11.6. The van der Waals surface area contributed by atoms with Crippen LogP contribution in [0.3, 0.4) is 0 Å². The van der Waals surface area contributed by atoms with Crippen molar-refractivity contribution in [2.75, 3.05) is 40.7 Å². The van der Waals surface area contributed by atoms with E-state index in [2.05, 4.69) is 51.2 Å². The molecule has 0 unspecified atom stereocenters. The molecule has 2 aliphatic rings. The number of fused-ring (bicyclic) bond motifs is 1. The maximum atomic E-state index is 11.1. The number of para-hydroxylation sites is 1. The standard InChI is InChI=1S/C8H7N3O2.C8H7NO4.C7H9NO4.C6H7NO2.C5H6N2O2.C3H6O.C2H6S.CH3O3S.Y/c1-13-8(12)11-7-5-3-2-4-6(7)9-10-11;1-13-8(10)6-2-4-7(5-3-6)9(11)12;1-2-7(11)12-8-5(9)3-4-6(8)10;1-2-7-5(8)3-4-6(7)9;1-9-5(8)7-3-2-6-4-7;1-2-3-4;1-2-3;1-4-5(2)3;/h2*2-5H,1H3;2-4H2,1H3;3-4H,2H2,1H3;2-4H,1H3;3H,2H2,1H3;3H,2H2,1H3;1H3;/q;;;;;;;-1;. The van der Waals surface area contributed by atoms with Gasteiger partial charge < -0.3 is 36.4 Å². The molecule has 0 spiro atoms. The monoisotopic (exact) mass is 1080 g/mol. The molecule has 29 heteroatoms. The number of non-ortho nitro benzene ring substituents is 1. The Hall–Kier alpha value is -6.62. The van der Waals surface area contributed by atoms with Crippen molar-refractivity contribution in [3.63, 3.8) is 0 Å². The quantitative estimate of drug-likeness (QED) is 0.0395. The maximum absolute atomic E-state index is 11.1. The normalized spacial score (nSPS) is 11.4. The molecule has 2 aromatic heterocycles. The Morgan fingerprint density at radius 1 is 0.841 bits per heavy atom. The zero-order valence-electron chi connectivity index (χ0n) is 38.7. The first-order chi connectivity index (χ1) is 32.3. The van der Waals surface area contributed by atoms with Crippen molar-refractivity contribution in [1.82, 2.24) is 34.5 Å². The number of amides is 4. The van der Waals surface area contributed by atoms with Gasteiger partial charge >= 0.3 is 24.1 Å². The average molecular weight is 1080 g/mol. The molecule has 4 aromatic rings. The van der Waals surface area contributed by atoms with Crippen LogP contribution in [0.1, 0.15) is 63.7 Å². The predicted molar refractivity (Wildman–Crippen MR) is 240 cm³/mol. The summed E-state index contributed by atoms with van der Waals surface area (Å²) in [5.74, 6) is -1.43. The first-order valence-corrected chi connectivity index (χ1v) is 21.0. The molecule has 0 saturated carbocycles. The van der Waals surface area contributed by atoms with Gasteiger partial charge in [-0.15, -0.1) is 14.8 Å². The summed E-state index contributed by atoms with van der Waals surface area (Å²) in [5.41, 5.74) is 1.57. The second-order valence-corrected chi connectivity index (χ2v) is 13.0. The fraction of sp³-hybridized carbons (Fsp3) is 0.350. The molecule has 0 bridgehead atoms. The van der Waals surface area contributed by atoms with Gasteiger partial charge in [-0.3, -0.25) is 34.2 Å². The fourth-order valence-electron chi connectivity index (χ4n) is 3.97. The topological polar surface area (TPSA) is 332 Å². The van der Waals surface area contributed by atoms with Crippen LogP contribution in [0, 0.1) is 10.1 Å². The van der Waals surface area contributed by atoms with Crippen LogP contribution in [-0.2, 0) is 104 Å². The Morgan fingerprint density at radius 3 is 1.72 bits per heavy atom. The number of aromatic nitrogens is 5. The van der Waals surface area contributed by atoms with Crippen LogP contribution < -0.4 is 0 Å². The van der Waals surface area contributed by atoms with E-state index in [0.29, 0.717) is 34.6 Å². The molecular weight excluding hydrogens is 1030 g/mol. The van der Waals surface area contributed by atoms with E-state index in [4.69, 9.17) is 8.42 Å². The molecule has 4 heterocycles. The van der Waals surface area contributed by atoms with Crippen LogP contribution in [0.5, 0.6) is 0 Å². The van der Waals surface area contributed by atoms with Gasteiger partial charge in [0.05, 0.1) is 42.8 Å². The molecule has 0 atom stereocenters. The zero-order chi connectivity index (χ0) is 52.2. The van der Waals surface area contributed by atoms with Crippen molar-refractivity contribution in [3.05, 3.63) is 95.1 Å². The number of imide groups is 2. The van der Waals surface area contributed by atoms with Crippen LogP contribution >= 0.6 is 12.6 Å². The van der Waals surface area contributed by atoms with Crippen molar-refractivity contribution in [1.29, 1.82) is 0 Å². The molecule has 69 heavy (non-hydrogen) atoms. The number of nitrogens with zero attached hydrogens (tertiary/aromatic N) is 8. The maximum Gasteiger partial charge on any atom is 0.436 e. The van der Waals surface area contributed by atoms with Crippen molar-refractivity contribution in [3.8, 4) is 0 Å². The van der Waals surface area contributed by atoms with E-state index in [1.54, 1.807) is 26.0 Å². The fourth-order valence-corrected chi connectivity index (χ4v) is 3.97. The summed E-state index contributed by atoms with van der Waals surface area (Å²) in [4.78, 5) is 114. The summed E-state index contributed by atoms with van der Waals surface area (Å²) in [5, 5.41) is 18.2. The molecule has 1 fully saturated rings. The number of carbonyl (C=O) groups is 9. The Bertz CT molecular complexity index is 2320. The van der Waals surface area contributed by atoms with E-state index in [1.165, 1.54) is 85.9 Å². The van der Waals surface area contributed by atoms with E-state index < -0.39 is 51.8 Å². The van der Waals surface area contributed by atoms with E-state index in [0.717, 1.165) is 23.8 Å². The molecule has 375 valence electrons. The molecule has 1 saturated heterocycles. The van der Waals surface area contributed by atoms with Crippen LogP contribution in [0.25, 0.3) is 11.0 Å². The molecule has 6 rings (SSSR count). The number of methoxy groups -OCH3 is 3. The van der Waals surface area contributed by atoms with Crippen molar-refractivity contribution in [2.45, 2.75) is 53.4 Å². The Balaban J connectivity index is -0.000000747. The summed E-state index contributed by atoms with van der Waals surface area (Å²) in [6, 6.07) is 12.4. The minimum Gasteiger partial charge on any atom is -0.465 e. The number of benzene rings is 2. The molecule has 0 aliphatic carbocycles. The third-order valence-electron chi connectivity index (χ3n) is 7.10. The van der Waals surface area contributed by atoms with Gasteiger partial charge in [0.15, 0.2) is 0 Å². The summed E-state index contributed by atoms with van der Waals surface area (Å²) < 4.78 is 37.7. The minimum atomic E-state index is -2.32. The third kappa shape index (κ3) is 27.1. The summed E-state index contributed by atoms with van der Waals surface area (Å²) in [7, 11) is 2.64. The molecule has 4 amide bonds. The van der Waals surface area contributed by atoms with E-state index in [9.17, 15) is 53.3 Å². The molecule has 0 N–H and O–H groups in total. The smallest absolute Gasteiger partial charge is 0.436 e. The van der Waals surface area contributed by atoms with Crippen LogP contribution in [0.4, 0.5) is 15.3 Å². The molecule has 2 aromatic carbocycles. The van der Waals surface area contributed by atoms with Gasteiger partial charge in [0, 0.05) is 109 Å². The number of aldehydes is 1. The van der Waals surface area contributed by atoms with Gasteiger partial charge in [-0.2, -0.15) is 12.6 Å². The number of nitro groups is 1. The van der Waals surface area contributed by atoms with Gasteiger partial charge in [-0.1, -0.05) is 38.1 Å². The van der Waals surface area contributed by atoms with Crippen molar-refractivity contribution >= 4 is 94.4 Å². The second kappa shape index (κ2) is 39.4. The third-order valence-corrected chi connectivity index (χ3v) is 7.37. The number of esters is 1. The number of imidazole rings is 1. The zero-order valence-corrected chi connectivity index (χ0v) is 43.2. The number of carbonyl (C=O) groups excluding carboxylic acids is 9. The van der Waals surface area contributed by atoms with E-state index in [1.807, 2.05) is 26.0 Å². The van der Waals surface area contributed by atoms with Gasteiger partial charge in [0.1, 0.15) is 23.6 Å². The van der Waals surface area contributed by atoms with Gasteiger partial charge in [-0.25, -0.2) is 28.7 Å². The summed E-state index contributed by atoms with van der Waals surface area (Å²) in [6.45, 7) is 7.62. The van der Waals surface area contributed by atoms with Crippen molar-refractivity contribution < 1.29 is 112 Å². The molecular formula is C40H51N8O18S2Y-. The van der Waals surface area contributed by atoms with Crippen LogP contribution in [0.15, 0.2) is 79.4 Å². The SMILES string of the molecule is CCC(=O)ON1C(=O)CCC1=O.CCC=O.CCN1C(=O)C=CC1=O.CCS.COC(=O)c1ccc([N+](=O)[O-])cc1.COC(=O)n1ccnc1.COC(=O)n1nnc2ccccc21.CO[S-](=O)=O.[Y]. The Morgan fingerprint density at radius 2 is 1.35 bits per heavy atom. The number of hydrogen-bond donors (Lipinski definition) is 1. The Labute approximate surface area is 428 Å². The number of rotatable bonds is 7. The average Bonchev–Trinajstić information content (AvgIpc) is 4.18. The number of thiol groups is 1. The summed E-state index contributed by atoms with van der Waals surface area (Å²) >= 11 is 3.79. The number of nitro benzene ring substituents is 1. The summed E-state index contributed by atoms with van der Waals surface area (Å²) in [6.07, 6.45) is 7.95. The number of likely N-dealkylation sites (N-methyl/N-ethyl adjacent to an activating group) is 1. The minimum absolute atomic E-state index is 0. The van der Waals surface area contributed by atoms with E-state index in [-0.39, 0.29) is 69.5 Å². The number of hydrogen-bond acceptors (Lipinski definition) is 23. The number of ether oxygens (including phenoxy) is 3. The largest absolute Gasteiger partial charge is 0.465 e. The first-order valence-electron chi connectivity index (χ1n) is 19.4. The first kappa shape index (κ1) is 66.7. The van der Waals surface area contributed by atoms with Crippen LogP contribution in [0.2, 0.25) is 0 Å². The number of hydroxylamine groups is 2. The van der Waals surface area contributed by atoms with Gasteiger partial charge in [0.2, 0.25) is 0 Å². The predicted octanol–water partition coefficient (Wildman–Crippen LogP) is 4.25. The Kier molecular flexibility index (Phi) is 38.0. The van der Waals surface area contributed by atoms with Gasteiger partial charge in [0.25, 0.3) is 29.3 Å². The van der Waals surface area contributed by atoms with Gasteiger partial charge in [-0.05, 0) is 36.9 Å². The molecule has 26 nitrogen and oxygen atoms in total. The van der Waals surface area contributed by atoms with Crippen molar-refractivity contribution in [2.24, 2.45) is 0 Å². The van der Waals surface area contributed by atoms with E-state index >= 15 is 0 Å².